The fourth-order valence-corrected chi connectivity index (χ4v) is 2.36. The molecule has 0 radical (unpaired) electrons. The Hall–Kier alpha value is -2.61. The average Bonchev–Trinajstić information content (AvgIpc) is 2.37. The van der Waals surface area contributed by atoms with Gasteiger partial charge >= 0.3 is 0 Å². The van der Waals surface area contributed by atoms with Crippen molar-refractivity contribution in [2.75, 3.05) is 0 Å². The van der Waals surface area contributed by atoms with Gasteiger partial charge in [0.15, 0.2) is 5.78 Å². The molecule has 20 heavy (non-hydrogen) atoms. The molecular weight excluding hydrogens is 254 g/mol. The van der Waals surface area contributed by atoms with E-state index in [0.717, 1.165) is 5.69 Å². The van der Waals surface area contributed by atoms with Crippen LogP contribution < -0.4 is 5.73 Å². The van der Waals surface area contributed by atoms with Crippen LogP contribution in [-0.4, -0.2) is 10.8 Å². The zero-order valence-corrected chi connectivity index (χ0v) is 11.6. The topological polar surface area (TPSA) is 89.0 Å². The molecule has 0 aromatic carbocycles. The third-order valence-corrected chi connectivity index (χ3v) is 3.19. The van der Waals surface area contributed by atoms with Crippen LogP contribution in [0.25, 0.3) is 0 Å². The number of carbonyl (C=O) groups excluding carboxylic acids is 1. The van der Waals surface area contributed by atoms with Crippen molar-refractivity contribution in [3.8, 4) is 6.07 Å². The first kappa shape index (κ1) is 13.8. The lowest BCUT2D eigenvalue weighted by molar-refractivity contribution is -0.114. The van der Waals surface area contributed by atoms with Crippen LogP contribution in [0, 0.1) is 18.3 Å². The molecule has 5 heteroatoms. The van der Waals surface area contributed by atoms with Crippen molar-refractivity contribution >= 4 is 5.78 Å². The number of ketones is 1. The number of nitriles is 1. The number of allylic oxidation sites excluding steroid dienone is 3. The van der Waals surface area contributed by atoms with E-state index >= 15 is 0 Å². The van der Waals surface area contributed by atoms with Crippen LogP contribution in [-0.2, 0) is 9.53 Å². The van der Waals surface area contributed by atoms with E-state index in [2.05, 4.69) is 4.98 Å². The molecule has 5 nitrogen and oxygen atoms in total. The molecule has 0 spiro atoms. The molecule has 0 aliphatic carbocycles. The molecule has 0 bridgehead atoms. The normalized spacial score (nSPS) is 18.6. The van der Waals surface area contributed by atoms with Crippen LogP contribution in [0.2, 0.25) is 0 Å². The van der Waals surface area contributed by atoms with Gasteiger partial charge in [-0.15, -0.1) is 0 Å². The second-order valence-corrected chi connectivity index (χ2v) is 4.65. The van der Waals surface area contributed by atoms with E-state index in [1.165, 1.54) is 6.92 Å². The zero-order chi connectivity index (χ0) is 14.9. The Balaban J connectivity index is 2.67. The summed E-state index contributed by atoms with van der Waals surface area (Å²) in [6.45, 7) is 4.97. The largest absolute Gasteiger partial charge is 0.445 e. The summed E-state index contributed by atoms with van der Waals surface area (Å²) in [5.74, 6) is -0.271. The molecule has 2 rings (SSSR count). The summed E-state index contributed by atoms with van der Waals surface area (Å²) in [5.41, 5.74) is 7.85. The van der Waals surface area contributed by atoms with Crippen molar-refractivity contribution in [3.63, 3.8) is 0 Å². The fourth-order valence-electron chi connectivity index (χ4n) is 2.36. The molecule has 0 saturated carbocycles. The van der Waals surface area contributed by atoms with E-state index in [1.807, 2.05) is 25.1 Å². The number of nitrogens with two attached hydrogens (primary N) is 1. The molecule has 1 aromatic rings. The fraction of sp³-hybridized carbons (Fsp3) is 0.267. The Labute approximate surface area is 117 Å². The lowest BCUT2D eigenvalue weighted by Gasteiger charge is -2.26. The van der Waals surface area contributed by atoms with Gasteiger partial charge in [0.2, 0.25) is 5.88 Å². The van der Waals surface area contributed by atoms with Crippen LogP contribution >= 0.6 is 0 Å². The number of aromatic nitrogens is 1. The minimum absolute atomic E-state index is 0.0308. The lowest BCUT2D eigenvalue weighted by Crippen LogP contribution is -2.24. The van der Waals surface area contributed by atoms with E-state index in [4.69, 9.17) is 10.5 Å². The maximum atomic E-state index is 11.9. The summed E-state index contributed by atoms with van der Waals surface area (Å²) in [4.78, 5) is 16.3. The summed E-state index contributed by atoms with van der Waals surface area (Å²) < 4.78 is 5.31. The van der Waals surface area contributed by atoms with Gasteiger partial charge in [0.05, 0.1) is 11.6 Å². The third kappa shape index (κ3) is 2.28. The second-order valence-electron chi connectivity index (χ2n) is 4.65. The number of aryl methyl sites for hydroxylation is 1. The van der Waals surface area contributed by atoms with Gasteiger partial charge in [-0.3, -0.25) is 9.78 Å². The predicted octanol–water partition coefficient (Wildman–Crippen LogP) is 2.06. The van der Waals surface area contributed by atoms with E-state index in [-0.39, 0.29) is 17.2 Å². The Kier molecular flexibility index (Phi) is 3.57. The average molecular weight is 269 g/mol. The van der Waals surface area contributed by atoms with E-state index in [1.54, 1.807) is 13.0 Å². The Morgan fingerprint density at radius 3 is 2.70 bits per heavy atom. The van der Waals surface area contributed by atoms with Crippen LogP contribution in [0.15, 0.2) is 41.0 Å². The maximum absolute atomic E-state index is 11.9. The monoisotopic (exact) mass is 269 g/mol. The molecule has 0 saturated heterocycles. The highest BCUT2D eigenvalue weighted by Crippen LogP contribution is 2.38. The number of ether oxygens (including phenoxy) is 1. The van der Waals surface area contributed by atoms with Crippen molar-refractivity contribution in [3.05, 3.63) is 52.4 Å². The summed E-state index contributed by atoms with van der Waals surface area (Å²) >= 11 is 0. The number of pyridine rings is 1. The third-order valence-electron chi connectivity index (χ3n) is 3.19. The second kappa shape index (κ2) is 5.17. The molecule has 102 valence electrons. The summed E-state index contributed by atoms with van der Waals surface area (Å²) in [7, 11) is 0. The number of carbonyl (C=O) groups is 1. The highest BCUT2D eigenvalue weighted by atomic mass is 16.5. The van der Waals surface area contributed by atoms with Crippen LogP contribution in [0.1, 0.15) is 31.2 Å². The van der Waals surface area contributed by atoms with Gasteiger partial charge in [0.25, 0.3) is 0 Å². The first-order valence-corrected chi connectivity index (χ1v) is 6.18. The van der Waals surface area contributed by atoms with Gasteiger partial charge < -0.3 is 10.5 Å². The van der Waals surface area contributed by atoms with Crippen LogP contribution in [0.5, 0.6) is 0 Å². The highest BCUT2D eigenvalue weighted by molar-refractivity contribution is 5.96. The van der Waals surface area contributed by atoms with Crippen LogP contribution in [0.3, 0.4) is 0 Å². The number of Topliss-reactive ketones (excluding diaryl/α,β-unsaturated/α-hetero) is 1. The predicted molar refractivity (Wildman–Crippen MR) is 73.0 cm³/mol. The van der Waals surface area contributed by atoms with E-state index < -0.39 is 5.92 Å². The van der Waals surface area contributed by atoms with Crippen molar-refractivity contribution in [2.24, 2.45) is 5.73 Å². The summed E-state index contributed by atoms with van der Waals surface area (Å²) in [5, 5.41) is 9.32. The standard InChI is InChI=1S/C15H15N3O2/c1-8-5-4-6-12(18-8)14-11(7-16)15(17)20-10(3)13(14)9(2)19/h4-6,14H,17H2,1-3H3/t14-/m1/s1. The number of nitrogens with zero attached hydrogens (tertiary/aromatic N) is 2. The zero-order valence-electron chi connectivity index (χ0n) is 11.6. The number of rotatable bonds is 2. The molecular formula is C15H15N3O2. The van der Waals surface area contributed by atoms with E-state index in [9.17, 15) is 10.1 Å². The summed E-state index contributed by atoms with van der Waals surface area (Å²) in [6.07, 6.45) is 0. The molecule has 2 N–H and O–H groups in total. The minimum Gasteiger partial charge on any atom is -0.445 e. The Morgan fingerprint density at radius 1 is 1.45 bits per heavy atom. The van der Waals surface area contributed by atoms with Crippen molar-refractivity contribution < 1.29 is 9.53 Å². The van der Waals surface area contributed by atoms with Gasteiger partial charge in [-0.2, -0.15) is 5.26 Å². The van der Waals surface area contributed by atoms with Gasteiger partial charge in [0, 0.05) is 11.3 Å². The molecule has 0 fully saturated rings. The molecule has 2 heterocycles. The van der Waals surface area contributed by atoms with Gasteiger partial charge in [-0.1, -0.05) is 6.07 Å². The summed E-state index contributed by atoms with van der Waals surface area (Å²) in [6, 6.07) is 7.50. The minimum atomic E-state index is -0.564. The molecule has 1 aliphatic heterocycles. The smallest absolute Gasteiger partial charge is 0.205 e. The first-order chi connectivity index (χ1) is 9.45. The molecule has 0 unspecified atom stereocenters. The number of hydrogen-bond donors (Lipinski definition) is 1. The van der Waals surface area contributed by atoms with Crippen molar-refractivity contribution in [1.29, 1.82) is 5.26 Å². The molecule has 1 aromatic heterocycles. The highest BCUT2D eigenvalue weighted by Gasteiger charge is 2.34. The molecule has 1 atom stereocenters. The van der Waals surface area contributed by atoms with Gasteiger partial charge in [0.1, 0.15) is 17.4 Å². The maximum Gasteiger partial charge on any atom is 0.205 e. The lowest BCUT2D eigenvalue weighted by atomic mass is 9.84. The SMILES string of the molecule is CC(=O)C1=C(C)OC(N)=C(C#N)[C@@H]1c1cccc(C)n1. The van der Waals surface area contributed by atoms with Crippen molar-refractivity contribution in [1.82, 2.24) is 4.98 Å². The first-order valence-electron chi connectivity index (χ1n) is 6.18. The van der Waals surface area contributed by atoms with Crippen LogP contribution in [0.4, 0.5) is 0 Å². The van der Waals surface area contributed by atoms with Gasteiger partial charge in [-0.25, -0.2) is 0 Å². The quantitative estimate of drug-likeness (QED) is 0.887. The Morgan fingerprint density at radius 2 is 2.15 bits per heavy atom. The number of hydrogen-bond acceptors (Lipinski definition) is 5. The van der Waals surface area contributed by atoms with Gasteiger partial charge in [-0.05, 0) is 32.9 Å². The van der Waals surface area contributed by atoms with Crippen molar-refractivity contribution in [2.45, 2.75) is 26.7 Å². The Bertz CT molecular complexity index is 681. The molecule has 1 aliphatic rings. The van der Waals surface area contributed by atoms with E-state index in [0.29, 0.717) is 17.0 Å². The molecule has 0 amide bonds.